The van der Waals surface area contributed by atoms with E-state index in [1.165, 1.54) is 20.3 Å². The molecule has 1 aliphatic heterocycles. The molecule has 0 aliphatic carbocycles. The minimum Gasteiger partial charge on any atom is -0.507 e. The molecule has 0 spiro atoms. The first-order valence-corrected chi connectivity index (χ1v) is 11.1. The molecule has 1 aliphatic rings. The Hall–Kier alpha value is -3.54. The third kappa shape index (κ3) is 4.77. The van der Waals surface area contributed by atoms with Crippen LogP contribution in [0, 0.1) is 0 Å². The van der Waals surface area contributed by atoms with Crippen LogP contribution in [0.5, 0.6) is 28.7 Å². The van der Waals surface area contributed by atoms with Gasteiger partial charge in [0.1, 0.15) is 41.7 Å². The number of rotatable bonds is 7. The van der Waals surface area contributed by atoms with Crippen molar-refractivity contribution in [2.24, 2.45) is 0 Å². The summed E-state index contributed by atoms with van der Waals surface area (Å²) >= 11 is 0. The summed E-state index contributed by atoms with van der Waals surface area (Å²) in [6.45, 7) is -0.644. The maximum atomic E-state index is 11.3. The Balaban J connectivity index is 1.84. The highest BCUT2D eigenvalue weighted by atomic mass is 16.7. The van der Waals surface area contributed by atoms with Gasteiger partial charge in [0.05, 0.1) is 26.4 Å². The van der Waals surface area contributed by atoms with Crippen molar-refractivity contribution in [2.45, 2.75) is 30.7 Å². The second-order valence-corrected chi connectivity index (χ2v) is 8.27. The molecule has 0 radical (unpaired) electrons. The van der Waals surface area contributed by atoms with Crippen LogP contribution in [0.2, 0.25) is 0 Å². The van der Waals surface area contributed by atoms with E-state index in [2.05, 4.69) is 0 Å². The Labute approximate surface area is 207 Å². The van der Waals surface area contributed by atoms with Gasteiger partial charge in [-0.05, 0) is 41.5 Å². The van der Waals surface area contributed by atoms with Crippen LogP contribution in [0.3, 0.4) is 0 Å². The van der Waals surface area contributed by atoms with Crippen LogP contribution < -0.4 is 14.2 Å². The summed E-state index contributed by atoms with van der Waals surface area (Å²) in [5.41, 5.74) is 1.28. The van der Waals surface area contributed by atoms with Crippen LogP contribution in [0.1, 0.15) is 0 Å². The van der Waals surface area contributed by atoms with Gasteiger partial charge in [-0.25, -0.2) is 0 Å². The Morgan fingerprint density at radius 2 is 1.33 bits per heavy atom. The highest BCUT2D eigenvalue weighted by molar-refractivity contribution is 5.87. The van der Waals surface area contributed by atoms with Gasteiger partial charge in [0.15, 0.2) is 11.5 Å². The first-order valence-electron chi connectivity index (χ1n) is 11.1. The molecule has 192 valence electrons. The lowest BCUT2D eigenvalue weighted by molar-refractivity contribution is -0.277. The molecule has 6 N–H and O–H groups in total. The minimum absolute atomic E-state index is 0.0505. The monoisotopic (exact) mass is 500 g/mol. The van der Waals surface area contributed by atoms with Gasteiger partial charge < -0.3 is 49.6 Å². The van der Waals surface area contributed by atoms with Gasteiger partial charge in [-0.3, -0.25) is 0 Å². The number of aromatic hydroxyl groups is 2. The third-order valence-electron chi connectivity index (χ3n) is 6.10. The Bertz CT molecular complexity index is 1180. The van der Waals surface area contributed by atoms with Gasteiger partial charge in [-0.2, -0.15) is 0 Å². The van der Waals surface area contributed by atoms with Gasteiger partial charge in [0.25, 0.3) is 0 Å². The van der Waals surface area contributed by atoms with Crippen LogP contribution in [-0.2, 0) is 4.74 Å². The summed E-state index contributed by atoms with van der Waals surface area (Å²) in [4.78, 5) is 0. The summed E-state index contributed by atoms with van der Waals surface area (Å²) in [5, 5.41) is 62.5. The minimum atomic E-state index is -1.70. The van der Waals surface area contributed by atoms with Gasteiger partial charge in [-0.1, -0.05) is 24.3 Å². The van der Waals surface area contributed by atoms with Crippen LogP contribution in [-0.4, -0.2) is 82.2 Å². The second kappa shape index (κ2) is 10.6. The normalized spacial score (nSPS) is 23.8. The fourth-order valence-electron chi connectivity index (χ4n) is 4.06. The van der Waals surface area contributed by atoms with Crippen molar-refractivity contribution in [1.82, 2.24) is 0 Å². The zero-order valence-corrected chi connectivity index (χ0v) is 19.6. The molecule has 4 rings (SSSR count). The van der Waals surface area contributed by atoms with E-state index in [0.29, 0.717) is 22.6 Å². The zero-order valence-electron chi connectivity index (χ0n) is 19.6. The molecular weight excluding hydrogens is 472 g/mol. The van der Waals surface area contributed by atoms with Crippen molar-refractivity contribution in [3.63, 3.8) is 0 Å². The van der Waals surface area contributed by atoms with Crippen molar-refractivity contribution in [1.29, 1.82) is 0 Å². The molecule has 0 bridgehead atoms. The van der Waals surface area contributed by atoms with Crippen LogP contribution >= 0.6 is 0 Å². The number of ether oxygens (including phenoxy) is 4. The average molecular weight is 501 g/mol. The Morgan fingerprint density at radius 3 is 1.86 bits per heavy atom. The lowest BCUT2D eigenvalue weighted by atomic mass is 9.96. The SMILES string of the molecule is COc1ccc(-c2cc(O)c(-c3ccc(OC)cc3)c(O)c2O[C@@H]2O[C@H](CO)[C@@H](O)[C@H](O)[C@H]2O)cc1. The first-order chi connectivity index (χ1) is 17.3. The lowest BCUT2D eigenvalue weighted by Gasteiger charge is -2.39. The number of phenols is 2. The van der Waals surface area contributed by atoms with Crippen molar-refractivity contribution in [3.8, 4) is 51.0 Å². The van der Waals surface area contributed by atoms with Gasteiger partial charge in [0.2, 0.25) is 6.29 Å². The molecule has 5 atom stereocenters. The van der Waals surface area contributed by atoms with Gasteiger partial charge in [-0.15, -0.1) is 0 Å². The molecule has 1 fully saturated rings. The van der Waals surface area contributed by atoms with Crippen LogP contribution in [0.15, 0.2) is 54.6 Å². The van der Waals surface area contributed by atoms with E-state index in [0.717, 1.165) is 0 Å². The smallest absolute Gasteiger partial charge is 0.229 e. The maximum Gasteiger partial charge on any atom is 0.229 e. The number of aliphatic hydroxyl groups excluding tert-OH is 4. The number of methoxy groups -OCH3 is 2. The molecule has 3 aromatic carbocycles. The third-order valence-corrected chi connectivity index (χ3v) is 6.10. The average Bonchev–Trinajstić information content (AvgIpc) is 2.90. The topological polar surface area (TPSA) is 158 Å². The highest BCUT2D eigenvalue weighted by Crippen LogP contribution is 2.50. The van der Waals surface area contributed by atoms with E-state index >= 15 is 0 Å². The fourth-order valence-corrected chi connectivity index (χ4v) is 4.06. The molecule has 1 heterocycles. The predicted octanol–water partition coefficient (Wildman–Crippen LogP) is 1.63. The van der Waals surface area contributed by atoms with E-state index in [-0.39, 0.29) is 22.6 Å². The summed E-state index contributed by atoms with van der Waals surface area (Å²) < 4.78 is 21.7. The van der Waals surface area contributed by atoms with Crippen molar-refractivity contribution < 1.29 is 49.6 Å². The van der Waals surface area contributed by atoms with E-state index in [9.17, 15) is 30.6 Å². The molecule has 0 saturated carbocycles. The summed E-state index contributed by atoms with van der Waals surface area (Å²) in [6, 6.07) is 14.7. The molecule has 0 unspecified atom stereocenters. The van der Waals surface area contributed by atoms with Gasteiger partial charge in [0, 0.05) is 5.56 Å². The van der Waals surface area contributed by atoms with Crippen LogP contribution in [0.4, 0.5) is 0 Å². The van der Waals surface area contributed by atoms with Gasteiger partial charge >= 0.3 is 0 Å². The molecule has 0 amide bonds. The number of phenolic OH excluding ortho intramolecular Hbond substituents is 2. The Morgan fingerprint density at radius 1 is 0.778 bits per heavy atom. The number of benzene rings is 3. The van der Waals surface area contributed by atoms with E-state index < -0.39 is 43.1 Å². The van der Waals surface area contributed by atoms with E-state index in [1.807, 2.05) is 0 Å². The molecular formula is C26H28O10. The quantitative estimate of drug-likeness (QED) is 0.282. The van der Waals surface area contributed by atoms with Crippen molar-refractivity contribution in [3.05, 3.63) is 54.6 Å². The molecule has 10 heteroatoms. The van der Waals surface area contributed by atoms with E-state index in [4.69, 9.17) is 18.9 Å². The molecule has 1 saturated heterocycles. The predicted molar refractivity (Wildman–Crippen MR) is 128 cm³/mol. The molecule has 3 aromatic rings. The highest BCUT2D eigenvalue weighted by Gasteiger charge is 2.45. The fraction of sp³-hybridized carbons (Fsp3) is 0.308. The molecule has 0 aromatic heterocycles. The lowest BCUT2D eigenvalue weighted by Crippen LogP contribution is -2.60. The first kappa shape index (κ1) is 25.5. The second-order valence-electron chi connectivity index (χ2n) is 8.27. The van der Waals surface area contributed by atoms with Crippen molar-refractivity contribution in [2.75, 3.05) is 20.8 Å². The molecule has 10 nitrogen and oxygen atoms in total. The summed E-state index contributed by atoms with van der Waals surface area (Å²) in [5.74, 6) is 0.296. The Kier molecular flexibility index (Phi) is 7.53. The number of aliphatic hydroxyl groups is 4. The summed E-state index contributed by atoms with van der Waals surface area (Å²) in [7, 11) is 3.03. The summed E-state index contributed by atoms with van der Waals surface area (Å²) in [6.07, 6.45) is -7.72. The number of hydrogen-bond acceptors (Lipinski definition) is 10. The van der Waals surface area contributed by atoms with E-state index in [1.54, 1.807) is 48.5 Å². The maximum absolute atomic E-state index is 11.3. The molecule has 36 heavy (non-hydrogen) atoms. The number of hydrogen-bond donors (Lipinski definition) is 6. The zero-order chi connectivity index (χ0) is 26.0. The van der Waals surface area contributed by atoms with Crippen molar-refractivity contribution >= 4 is 0 Å². The standard InChI is InChI=1S/C26H28O10/c1-33-15-7-3-13(4-8-15)17-11-18(28)20(14-5-9-16(34-2)10-6-14)22(30)25(17)36-26-24(32)23(31)21(29)19(12-27)35-26/h3-11,19,21,23-24,26-32H,12H2,1-2H3/t19-,21-,23+,24-,26+/m1/s1. The largest absolute Gasteiger partial charge is 0.507 e. The van der Waals surface area contributed by atoms with Crippen LogP contribution in [0.25, 0.3) is 22.3 Å².